The van der Waals surface area contributed by atoms with Gasteiger partial charge in [-0.05, 0) is 51.8 Å². The molecule has 0 spiro atoms. The molecule has 6 nitrogen and oxygen atoms in total. The van der Waals surface area contributed by atoms with Crippen LogP contribution in [0.5, 0.6) is 0 Å². The van der Waals surface area contributed by atoms with Gasteiger partial charge in [0, 0.05) is 24.7 Å². The third-order valence-electron chi connectivity index (χ3n) is 5.78. The van der Waals surface area contributed by atoms with Crippen molar-refractivity contribution >= 4 is 29.5 Å². The van der Waals surface area contributed by atoms with E-state index >= 15 is 0 Å². The molecule has 1 N–H and O–H groups in total. The van der Waals surface area contributed by atoms with E-state index in [4.69, 9.17) is 0 Å². The van der Waals surface area contributed by atoms with Crippen LogP contribution in [0.4, 0.5) is 4.79 Å². The highest BCUT2D eigenvalue weighted by molar-refractivity contribution is 5.89. The van der Waals surface area contributed by atoms with Crippen LogP contribution in [0.2, 0.25) is 0 Å². The van der Waals surface area contributed by atoms with Gasteiger partial charge in [0.05, 0.1) is 11.0 Å². The highest BCUT2D eigenvalue weighted by atomic mass is 35.5. The number of carbonyl (C=O) groups is 1. The molecule has 0 saturated carbocycles. The number of aromatic nitrogens is 2. The third kappa shape index (κ3) is 2.87. The van der Waals surface area contributed by atoms with Crippen LogP contribution in [-0.4, -0.2) is 45.2 Å². The lowest BCUT2D eigenvalue weighted by Gasteiger charge is -2.36. The van der Waals surface area contributed by atoms with Crippen LogP contribution in [0.3, 0.4) is 0 Å². The van der Waals surface area contributed by atoms with Crippen LogP contribution in [0.1, 0.15) is 32.6 Å². The van der Waals surface area contributed by atoms with Gasteiger partial charge in [-0.3, -0.25) is 4.57 Å². The number of hydrogen-bond acceptors (Lipinski definition) is 3. The SMILES string of the molecule is CCn1c(=O)n(C(=O)NC2CC3CC[C@@H](C2)N3C)c2ccccc21.Cl. The van der Waals surface area contributed by atoms with Gasteiger partial charge >= 0.3 is 11.7 Å². The third-order valence-corrected chi connectivity index (χ3v) is 5.78. The summed E-state index contributed by atoms with van der Waals surface area (Å²) in [6.45, 7) is 2.47. The number of benzene rings is 1. The number of amides is 1. The predicted molar refractivity (Wildman–Crippen MR) is 101 cm³/mol. The molecule has 1 amide bonds. The molecule has 3 atom stereocenters. The normalized spacial score (nSPS) is 25.8. The summed E-state index contributed by atoms with van der Waals surface area (Å²) in [5.74, 6) is 0. The zero-order valence-corrected chi connectivity index (χ0v) is 15.5. The predicted octanol–water partition coefficient (Wildman–Crippen LogP) is 2.43. The van der Waals surface area contributed by atoms with Crippen LogP contribution in [0, 0.1) is 0 Å². The number of halogens is 1. The summed E-state index contributed by atoms with van der Waals surface area (Å²) in [6, 6.07) is 8.46. The fraction of sp³-hybridized carbons (Fsp3) is 0.556. The minimum Gasteiger partial charge on any atom is -0.334 e. The van der Waals surface area contributed by atoms with E-state index in [1.54, 1.807) is 4.57 Å². The Morgan fingerprint density at radius 3 is 2.36 bits per heavy atom. The second-order valence-corrected chi connectivity index (χ2v) is 7.02. The molecule has 0 radical (unpaired) electrons. The number of imidazole rings is 1. The molecular weight excluding hydrogens is 340 g/mol. The minimum atomic E-state index is -0.294. The summed E-state index contributed by atoms with van der Waals surface area (Å²) in [5, 5.41) is 3.11. The molecule has 2 saturated heterocycles. The quantitative estimate of drug-likeness (QED) is 0.890. The van der Waals surface area contributed by atoms with E-state index < -0.39 is 0 Å². The minimum absolute atomic E-state index is 0. The molecule has 2 aliphatic rings. The number of rotatable bonds is 2. The number of fused-ring (bicyclic) bond motifs is 3. The summed E-state index contributed by atoms with van der Waals surface area (Å²) in [6.07, 6.45) is 4.37. The molecule has 136 valence electrons. The number of nitrogens with zero attached hydrogens (tertiary/aromatic N) is 3. The molecule has 2 bridgehead atoms. The first-order valence-corrected chi connectivity index (χ1v) is 8.83. The summed E-state index contributed by atoms with van der Waals surface area (Å²) in [7, 11) is 2.18. The van der Waals surface area contributed by atoms with Crippen molar-refractivity contribution in [3.63, 3.8) is 0 Å². The Labute approximate surface area is 153 Å². The lowest BCUT2D eigenvalue weighted by atomic mass is 9.98. The molecule has 4 rings (SSSR count). The van der Waals surface area contributed by atoms with Crippen LogP contribution >= 0.6 is 12.4 Å². The van der Waals surface area contributed by atoms with Gasteiger partial charge in [-0.15, -0.1) is 12.4 Å². The summed E-state index contributed by atoms with van der Waals surface area (Å²) in [5.41, 5.74) is 1.23. The van der Waals surface area contributed by atoms with Gasteiger partial charge in [-0.2, -0.15) is 0 Å². The summed E-state index contributed by atoms with van der Waals surface area (Å²) in [4.78, 5) is 27.9. The molecule has 1 aromatic heterocycles. The molecule has 2 aromatic rings. The van der Waals surface area contributed by atoms with Gasteiger partial charge in [0.15, 0.2) is 0 Å². The molecule has 7 heteroatoms. The Morgan fingerprint density at radius 2 is 1.76 bits per heavy atom. The summed E-state index contributed by atoms with van der Waals surface area (Å²) >= 11 is 0. The summed E-state index contributed by atoms with van der Waals surface area (Å²) < 4.78 is 2.94. The highest BCUT2D eigenvalue weighted by Gasteiger charge is 2.39. The van der Waals surface area contributed by atoms with Gasteiger partial charge in [0.2, 0.25) is 0 Å². The Hall–Kier alpha value is -1.79. The van der Waals surface area contributed by atoms with Crippen molar-refractivity contribution in [2.75, 3.05) is 7.05 Å². The van der Waals surface area contributed by atoms with Crippen LogP contribution in [-0.2, 0) is 6.54 Å². The number of para-hydroxylation sites is 2. The Bertz CT molecular complexity index is 829. The van der Waals surface area contributed by atoms with E-state index in [1.165, 1.54) is 17.4 Å². The van der Waals surface area contributed by atoms with E-state index in [0.717, 1.165) is 18.4 Å². The largest absolute Gasteiger partial charge is 0.337 e. The molecule has 2 aliphatic heterocycles. The van der Waals surface area contributed by atoms with Crippen LogP contribution < -0.4 is 11.0 Å². The van der Waals surface area contributed by atoms with E-state index in [9.17, 15) is 9.59 Å². The van der Waals surface area contributed by atoms with Gasteiger partial charge < -0.3 is 10.2 Å². The molecule has 1 aromatic carbocycles. The smallest absolute Gasteiger partial charge is 0.334 e. The molecule has 2 fully saturated rings. The van der Waals surface area contributed by atoms with Crippen molar-refractivity contribution in [2.45, 2.75) is 57.3 Å². The first-order chi connectivity index (χ1) is 11.6. The topological polar surface area (TPSA) is 59.3 Å². The first kappa shape index (κ1) is 18.0. The average Bonchev–Trinajstić information content (AvgIpc) is 2.95. The molecule has 2 unspecified atom stereocenters. The van der Waals surface area contributed by atoms with E-state index in [1.807, 2.05) is 31.2 Å². The van der Waals surface area contributed by atoms with Crippen LogP contribution in [0.25, 0.3) is 11.0 Å². The molecule has 25 heavy (non-hydrogen) atoms. The lowest BCUT2D eigenvalue weighted by molar-refractivity contribution is 0.149. The lowest BCUT2D eigenvalue weighted by Crippen LogP contribution is -2.50. The van der Waals surface area contributed by atoms with Crippen LogP contribution in [0.15, 0.2) is 29.1 Å². The number of nitrogens with one attached hydrogen (secondary N) is 1. The highest BCUT2D eigenvalue weighted by Crippen LogP contribution is 2.34. The van der Waals surface area contributed by atoms with Gasteiger partial charge in [0.1, 0.15) is 0 Å². The van der Waals surface area contributed by atoms with E-state index in [-0.39, 0.29) is 30.2 Å². The number of piperidine rings is 1. The molecule has 3 heterocycles. The standard InChI is InChI=1S/C18H24N4O2.ClH/c1-3-21-15-6-4-5-7-16(15)22(18(21)24)17(23)19-12-10-13-8-9-14(11-12)20(13)2;/h4-7,12-14H,3,8-11H2,1-2H3,(H,19,23);1H/t12?,13-,14?;/m0./s1. The number of hydrogen-bond donors (Lipinski definition) is 1. The van der Waals surface area contributed by atoms with E-state index in [0.29, 0.717) is 24.1 Å². The van der Waals surface area contributed by atoms with Gasteiger partial charge in [0.25, 0.3) is 0 Å². The Kier molecular flexibility index (Phi) is 4.93. The zero-order valence-electron chi connectivity index (χ0n) is 14.6. The molecule has 0 aliphatic carbocycles. The Balaban J connectivity index is 0.00000182. The van der Waals surface area contributed by atoms with Crippen molar-refractivity contribution in [1.29, 1.82) is 0 Å². The number of aryl methyl sites for hydroxylation is 1. The van der Waals surface area contributed by atoms with Crippen molar-refractivity contribution in [3.05, 3.63) is 34.7 Å². The maximum Gasteiger partial charge on any atom is 0.337 e. The second kappa shape index (κ2) is 6.84. The maximum atomic E-state index is 12.8. The average molecular weight is 365 g/mol. The van der Waals surface area contributed by atoms with Crippen molar-refractivity contribution in [2.24, 2.45) is 0 Å². The van der Waals surface area contributed by atoms with Gasteiger partial charge in [-0.25, -0.2) is 14.2 Å². The zero-order chi connectivity index (χ0) is 16.8. The van der Waals surface area contributed by atoms with Gasteiger partial charge in [-0.1, -0.05) is 12.1 Å². The maximum absolute atomic E-state index is 12.8. The fourth-order valence-corrected chi connectivity index (χ4v) is 4.48. The molecular formula is C18H25ClN4O2. The Morgan fingerprint density at radius 1 is 1.16 bits per heavy atom. The van der Waals surface area contributed by atoms with Crippen molar-refractivity contribution in [3.8, 4) is 0 Å². The second-order valence-electron chi connectivity index (χ2n) is 7.02. The fourth-order valence-electron chi connectivity index (χ4n) is 4.48. The first-order valence-electron chi connectivity index (χ1n) is 8.83. The number of carbonyl (C=O) groups excluding carboxylic acids is 1. The van der Waals surface area contributed by atoms with Crippen molar-refractivity contribution in [1.82, 2.24) is 19.4 Å². The van der Waals surface area contributed by atoms with Crippen molar-refractivity contribution < 1.29 is 4.79 Å². The van der Waals surface area contributed by atoms with E-state index in [2.05, 4.69) is 17.3 Å². The monoisotopic (exact) mass is 364 g/mol.